The molecule has 0 bridgehead atoms. The maximum atomic E-state index is 12.1. The van der Waals surface area contributed by atoms with Crippen LogP contribution < -0.4 is 10.1 Å². The lowest BCUT2D eigenvalue weighted by atomic mass is 9.92. The second-order valence-electron chi connectivity index (χ2n) is 8.68. The van der Waals surface area contributed by atoms with Crippen LogP contribution in [0.25, 0.3) is 0 Å². The standard InChI is InChI=1S/C23H36N2O4/c1-5-14-24-21(26)19-8-10-20(11-9-19)28-17-6-7-18-12-15-25(16-13-18)22(27)29-23(2,3)4/h8-11,18H,5-7,12-17H2,1-4H3,(H,24,26). The molecule has 1 aromatic rings. The quantitative estimate of drug-likeness (QED) is 0.641. The van der Waals surface area contributed by atoms with E-state index in [1.807, 2.05) is 44.7 Å². The first-order valence-corrected chi connectivity index (χ1v) is 10.8. The second kappa shape index (κ2) is 11.1. The van der Waals surface area contributed by atoms with Crippen LogP contribution in [0.2, 0.25) is 0 Å². The molecule has 1 heterocycles. The molecule has 2 amide bonds. The molecule has 1 saturated heterocycles. The summed E-state index contributed by atoms with van der Waals surface area (Å²) in [4.78, 5) is 25.8. The summed E-state index contributed by atoms with van der Waals surface area (Å²) in [6.45, 7) is 10.6. The molecule has 0 saturated carbocycles. The Morgan fingerprint density at radius 1 is 1.14 bits per heavy atom. The highest BCUT2D eigenvalue weighted by Crippen LogP contribution is 2.23. The molecular formula is C23H36N2O4. The maximum Gasteiger partial charge on any atom is 0.410 e. The zero-order valence-electron chi connectivity index (χ0n) is 18.3. The number of piperidine rings is 1. The highest BCUT2D eigenvalue weighted by molar-refractivity contribution is 5.94. The average molecular weight is 405 g/mol. The molecule has 0 aliphatic carbocycles. The number of carbonyl (C=O) groups excluding carboxylic acids is 2. The van der Waals surface area contributed by atoms with Crippen LogP contribution in [0.1, 0.15) is 70.2 Å². The first kappa shape index (κ1) is 23.0. The molecule has 162 valence electrons. The van der Waals surface area contributed by atoms with E-state index in [0.717, 1.165) is 50.9 Å². The van der Waals surface area contributed by atoms with Crippen LogP contribution in [-0.2, 0) is 4.74 Å². The zero-order chi connectivity index (χ0) is 21.3. The fourth-order valence-electron chi connectivity index (χ4n) is 3.34. The van der Waals surface area contributed by atoms with E-state index in [4.69, 9.17) is 9.47 Å². The van der Waals surface area contributed by atoms with Gasteiger partial charge in [-0.15, -0.1) is 0 Å². The van der Waals surface area contributed by atoms with Crippen LogP contribution in [0.3, 0.4) is 0 Å². The molecule has 0 radical (unpaired) electrons. The van der Waals surface area contributed by atoms with Crippen molar-refractivity contribution < 1.29 is 19.1 Å². The first-order chi connectivity index (χ1) is 13.8. The fourth-order valence-corrected chi connectivity index (χ4v) is 3.34. The SMILES string of the molecule is CCCNC(=O)c1ccc(OCCCC2CCN(C(=O)OC(C)(C)C)CC2)cc1. The van der Waals surface area contributed by atoms with Crippen molar-refractivity contribution in [3.05, 3.63) is 29.8 Å². The molecule has 1 aliphatic rings. The number of amides is 2. The van der Waals surface area contributed by atoms with Crippen LogP contribution in [0.5, 0.6) is 5.75 Å². The van der Waals surface area contributed by atoms with Gasteiger partial charge in [-0.3, -0.25) is 4.79 Å². The third-order valence-corrected chi connectivity index (χ3v) is 4.94. The highest BCUT2D eigenvalue weighted by Gasteiger charge is 2.26. The summed E-state index contributed by atoms with van der Waals surface area (Å²) in [6, 6.07) is 7.29. The van der Waals surface area contributed by atoms with Gasteiger partial charge in [0.05, 0.1) is 6.61 Å². The summed E-state index contributed by atoms with van der Waals surface area (Å²) in [6.07, 6.45) is 4.83. The van der Waals surface area contributed by atoms with Crippen molar-refractivity contribution in [2.75, 3.05) is 26.2 Å². The third-order valence-electron chi connectivity index (χ3n) is 4.94. The van der Waals surface area contributed by atoms with Crippen LogP contribution in [-0.4, -0.2) is 48.7 Å². The molecule has 29 heavy (non-hydrogen) atoms. The molecule has 1 N–H and O–H groups in total. The van der Waals surface area contributed by atoms with E-state index in [1.165, 1.54) is 0 Å². The van der Waals surface area contributed by atoms with Crippen molar-refractivity contribution in [2.45, 2.75) is 65.4 Å². The molecule has 0 unspecified atom stereocenters. The predicted molar refractivity (Wildman–Crippen MR) is 114 cm³/mol. The number of nitrogens with zero attached hydrogens (tertiary/aromatic N) is 1. The number of rotatable bonds is 8. The van der Waals surface area contributed by atoms with Crippen molar-refractivity contribution >= 4 is 12.0 Å². The molecule has 6 heteroatoms. The zero-order valence-corrected chi connectivity index (χ0v) is 18.3. The Bertz CT molecular complexity index is 644. The van der Waals surface area contributed by atoms with Gasteiger partial charge in [0.15, 0.2) is 0 Å². The van der Waals surface area contributed by atoms with Crippen molar-refractivity contribution in [3.63, 3.8) is 0 Å². The number of carbonyl (C=O) groups is 2. The molecule has 0 spiro atoms. The summed E-state index contributed by atoms with van der Waals surface area (Å²) in [7, 11) is 0. The number of likely N-dealkylation sites (tertiary alicyclic amines) is 1. The van der Waals surface area contributed by atoms with Crippen molar-refractivity contribution in [2.24, 2.45) is 5.92 Å². The predicted octanol–water partition coefficient (Wildman–Crippen LogP) is 4.63. The minimum atomic E-state index is -0.442. The van der Waals surface area contributed by atoms with Gasteiger partial charge in [0.1, 0.15) is 11.4 Å². The molecule has 0 atom stereocenters. The van der Waals surface area contributed by atoms with E-state index < -0.39 is 5.60 Å². The average Bonchev–Trinajstić information content (AvgIpc) is 2.69. The first-order valence-electron chi connectivity index (χ1n) is 10.8. The van der Waals surface area contributed by atoms with E-state index in [9.17, 15) is 9.59 Å². The number of hydrogen-bond donors (Lipinski definition) is 1. The second-order valence-corrected chi connectivity index (χ2v) is 8.68. The molecule has 1 aromatic carbocycles. The van der Waals surface area contributed by atoms with Crippen molar-refractivity contribution in [1.29, 1.82) is 0 Å². The molecule has 2 rings (SSSR count). The van der Waals surface area contributed by atoms with E-state index in [0.29, 0.717) is 24.6 Å². The van der Waals surface area contributed by atoms with Crippen LogP contribution >= 0.6 is 0 Å². The molecule has 1 aliphatic heterocycles. The monoisotopic (exact) mass is 404 g/mol. The summed E-state index contributed by atoms with van der Waals surface area (Å²) in [5.74, 6) is 1.37. The minimum Gasteiger partial charge on any atom is -0.494 e. The van der Waals surface area contributed by atoms with Gasteiger partial charge in [0, 0.05) is 25.2 Å². The Hall–Kier alpha value is -2.24. The number of hydrogen-bond acceptors (Lipinski definition) is 4. The lowest BCUT2D eigenvalue weighted by molar-refractivity contribution is 0.0179. The van der Waals surface area contributed by atoms with E-state index in [1.54, 1.807) is 12.1 Å². The Kier molecular flexibility index (Phi) is 8.80. The van der Waals surface area contributed by atoms with Crippen LogP contribution in [0.15, 0.2) is 24.3 Å². The van der Waals surface area contributed by atoms with E-state index in [-0.39, 0.29) is 12.0 Å². The van der Waals surface area contributed by atoms with E-state index in [2.05, 4.69) is 5.32 Å². The lowest BCUT2D eigenvalue weighted by Gasteiger charge is -2.33. The smallest absolute Gasteiger partial charge is 0.410 e. The summed E-state index contributed by atoms with van der Waals surface area (Å²) in [5, 5.41) is 2.87. The Morgan fingerprint density at radius 3 is 2.38 bits per heavy atom. The van der Waals surface area contributed by atoms with Crippen LogP contribution in [0, 0.1) is 5.92 Å². The van der Waals surface area contributed by atoms with Gasteiger partial charge >= 0.3 is 6.09 Å². The van der Waals surface area contributed by atoms with Crippen molar-refractivity contribution in [3.8, 4) is 5.75 Å². The Labute approximate surface area is 174 Å². The van der Waals surface area contributed by atoms with Gasteiger partial charge in [0.25, 0.3) is 5.91 Å². The number of ether oxygens (including phenoxy) is 2. The Balaban J connectivity index is 1.62. The fraction of sp³-hybridized carbons (Fsp3) is 0.652. The Morgan fingerprint density at radius 2 is 1.79 bits per heavy atom. The van der Waals surface area contributed by atoms with E-state index >= 15 is 0 Å². The van der Waals surface area contributed by atoms with Gasteiger partial charge in [-0.1, -0.05) is 6.92 Å². The number of benzene rings is 1. The molecule has 1 fully saturated rings. The minimum absolute atomic E-state index is 0.0453. The largest absolute Gasteiger partial charge is 0.494 e. The molecule has 6 nitrogen and oxygen atoms in total. The molecular weight excluding hydrogens is 368 g/mol. The van der Waals surface area contributed by atoms with Crippen LogP contribution in [0.4, 0.5) is 4.79 Å². The van der Waals surface area contributed by atoms with Gasteiger partial charge in [-0.05, 0) is 83.1 Å². The highest BCUT2D eigenvalue weighted by atomic mass is 16.6. The van der Waals surface area contributed by atoms with Gasteiger partial charge in [0.2, 0.25) is 0 Å². The lowest BCUT2D eigenvalue weighted by Crippen LogP contribution is -2.41. The summed E-state index contributed by atoms with van der Waals surface area (Å²) >= 11 is 0. The summed E-state index contributed by atoms with van der Waals surface area (Å²) < 4.78 is 11.3. The third kappa shape index (κ3) is 8.34. The normalized spacial score (nSPS) is 15.1. The maximum absolute atomic E-state index is 12.1. The van der Waals surface area contributed by atoms with Crippen molar-refractivity contribution in [1.82, 2.24) is 10.2 Å². The topological polar surface area (TPSA) is 67.9 Å². The molecule has 0 aromatic heterocycles. The summed E-state index contributed by atoms with van der Waals surface area (Å²) in [5.41, 5.74) is 0.213. The van der Waals surface area contributed by atoms with Gasteiger partial charge in [-0.2, -0.15) is 0 Å². The number of nitrogens with one attached hydrogen (secondary N) is 1. The van der Waals surface area contributed by atoms with Gasteiger partial charge in [-0.25, -0.2) is 4.79 Å². The van der Waals surface area contributed by atoms with Gasteiger partial charge < -0.3 is 19.7 Å².